The van der Waals surface area contributed by atoms with Crippen molar-refractivity contribution in [2.75, 3.05) is 5.32 Å². The van der Waals surface area contributed by atoms with E-state index in [9.17, 15) is 22.8 Å². The van der Waals surface area contributed by atoms with Gasteiger partial charge in [-0.3, -0.25) is 9.36 Å². The average Bonchev–Trinajstić information content (AvgIpc) is 2.88. The summed E-state index contributed by atoms with van der Waals surface area (Å²) in [6.07, 6.45) is -3.76. The van der Waals surface area contributed by atoms with Crippen LogP contribution < -0.4 is 11.0 Å². The van der Waals surface area contributed by atoms with Crippen molar-refractivity contribution < 1.29 is 18.0 Å². The number of aromatic nitrogens is 3. The molecule has 1 aromatic heterocycles. The number of rotatable bonds is 6. The van der Waals surface area contributed by atoms with Crippen LogP contribution in [0.15, 0.2) is 34.2 Å². The molecule has 2 aromatic rings. The van der Waals surface area contributed by atoms with Crippen LogP contribution in [0.3, 0.4) is 0 Å². The smallest absolute Gasteiger partial charge is 0.325 e. The molecule has 1 atom stereocenters. The minimum Gasteiger partial charge on any atom is -0.325 e. The lowest BCUT2D eigenvalue weighted by molar-refractivity contribution is -0.137. The topological polar surface area (TPSA) is 79.8 Å². The first-order valence-electron chi connectivity index (χ1n) is 7.52. The number of carbonyl (C=O) groups excluding carboxylic acids is 1. The minimum atomic E-state index is -4.48. The van der Waals surface area contributed by atoms with Gasteiger partial charge in [-0.05, 0) is 31.5 Å². The molecular formula is C15H17F3N4O2S. The lowest BCUT2D eigenvalue weighted by Crippen LogP contribution is -2.24. The summed E-state index contributed by atoms with van der Waals surface area (Å²) in [7, 11) is 0. The number of H-pyrrole nitrogens is 1. The summed E-state index contributed by atoms with van der Waals surface area (Å²) in [5, 5.41) is 8.34. The Morgan fingerprint density at radius 3 is 2.80 bits per heavy atom. The molecule has 0 aliphatic rings. The maximum atomic E-state index is 12.7. The molecule has 136 valence electrons. The van der Waals surface area contributed by atoms with Crippen molar-refractivity contribution in [2.24, 2.45) is 0 Å². The molecule has 25 heavy (non-hydrogen) atoms. The molecule has 0 unspecified atom stereocenters. The number of benzene rings is 1. The summed E-state index contributed by atoms with van der Waals surface area (Å²) in [5.41, 5.74) is -1.15. The second-order valence-corrected chi connectivity index (χ2v) is 6.60. The van der Waals surface area contributed by atoms with Crippen molar-refractivity contribution in [1.82, 2.24) is 14.8 Å². The molecule has 2 N–H and O–H groups in total. The number of thioether (sulfide) groups is 1. The molecular weight excluding hydrogens is 357 g/mol. The zero-order valence-corrected chi connectivity index (χ0v) is 14.4. The van der Waals surface area contributed by atoms with E-state index in [0.29, 0.717) is 11.7 Å². The zero-order valence-electron chi connectivity index (χ0n) is 13.6. The number of hydrogen-bond acceptors (Lipinski definition) is 4. The summed E-state index contributed by atoms with van der Waals surface area (Å²) in [4.78, 5) is 23.8. The molecule has 1 amide bonds. The van der Waals surface area contributed by atoms with Crippen LogP contribution in [-0.4, -0.2) is 25.9 Å². The predicted molar refractivity (Wildman–Crippen MR) is 88.5 cm³/mol. The molecule has 0 aliphatic heterocycles. The Labute approximate surface area is 145 Å². The third-order valence-electron chi connectivity index (χ3n) is 3.28. The zero-order chi connectivity index (χ0) is 18.6. The molecule has 1 aromatic carbocycles. The molecule has 0 spiro atoms. The Balaban J connectivity index is 2.07. The van der Waals surface area contributed by atoms with Crippen LogP contribution >= 0.6 is 11.8 Å². The number of halogens is 3. The first kappa shape index (κ1) is 19.1. The van der Waals surface area contributed by atoms with E-state index in [-0.39, 0.29) is 11.4 Å². The van der Waals surface area contributed by atoms with Gasteiger partial charge in [0.15, 0.2) is 5.16 Å². The van der Waals surface area contributed by atoms with Crippen molar-refractivity contribution in [3.8, 4) is 0 Å². The van der Waals surface area contributed by atoms with Crippen LogP contribution in [0.5, 0.6) is 0 Å². The van der Waals surface area contributed by atoms with E-state index in [4.69, 9.17) is 0 Å². The Kier molecular flexibility index (Phi) is 5.93. The maximum Gasteiger partial charge on any atom is 0.416 e. The predicted octanol–water partition coefficient (Wildman–Crippen LogP) is 3.12. The Hall–Kier alpha value is -2.23. The first-order chi connectivity index (χ1) is 11.7. The Bertz CT molecular complexity index is 801. The molecule has 0 aliphatic carbocycles. The van der Waals surface area contributed by atoms with Gasteiger partial charge in [-0.15, -0.1) is 5.10 Å². The lowest BCUT2D eigenvalue weighted by atomic mass is 10.2. The van der Waals surface area contributed by atoms with Crippen LogP contribution in [-0.2, 0) is 17.5 Å². The number of nitrogens with zero attached hydrogens (tertiary/aromatic N) is 2. The van der Waals surface area contributed by atoms with Gasteiger partial charge in [0.2, 0.25) is 5.91 Å². The molecule has 2 rings (SSSR count). The van der Waals surface area contributed by atoms with Crippen LogP contribution in [0.1, 0.15) is 25.8 Å². The number of hydrogen-bond donors (Lipinski definition) is 2. The molecule has 0 saturated heterocycles. The third-order valence-corrected chi connectivity index (χ3v) is 4.37. The van der Waals surface area contributed by atoms with Gasteiger partial charge in [0.1, 0.15) is 0 Å². The highest BCUT2D eigenvalue weighted by Gasteiger charge is 2.30. The van der Waals surface area contributed by atoms with Crippen LogP contribution in [0.25, 0.3) is 0 Å². The van der Waals surface area contributed by atoms with Gasteiger partial charge in [-0.1, -0.05) is 24.8 Å². The molecule has 1 heterocycles. The van der Waals surface area contributed by atoms with E-state index < -0.39 is 22.9 Å². The fourth-order valence-electron chi connectivity index (χ4n) is 2.04. The van der Waals surface area contributed by atoms with E-state index in [1.165, 1.54) is 16.7 Å². The van der Waals surface area contributed by atoms with E-state index in [1.807, 2.05) is 6.92 Å². The third kappa shape index (κ3) is 4.88. The number of alkyl halides is 3. The van der Waals surface area contributed by atoms with Crippen LogP contribution in [0, 0.1) is 0 Å². The molecule has 6 nitrogen and oxygen atoms in total. The molecule has 0 bridgehead atoms. The Morgan fingerprint density at radius 2 is 2.16 bits per heavy atom. The van der Waals surface area contributed by atoms with Crippen LogP contribution in [0.2, 0.25) is 0 Å². The van der Waals surface area contributed by atoms with Crippen molar-refractivity contribution >= 4 is 23.4 Å². The van der Waals surface area contributed by atoms with Gasteiger partial charge in [0.25, 0.3) is 0 Å². The van der Waals surface area contributed by atoms with Gasteiger partial charge in [-0.2, -0.15) is 13.2 Å². The Morgan fingerprint density at radius 1 is 1.44 bits per heavy atom. The number of amides is 1. The van der Waals surface area contributed by atoms with Crippen molar-refractivity contribution in [1.29, 1.82) is 0 Å². The summed E-state index contributed by atoms with van der Waals surface area (Å²) in [6.45, 7) is 3.94. The van der Waals surface area contributed by atoms with Gasteiger partial charge in [0.05, 0.1) is 10.8 Å². The highest BCUT2D eigenvalue weighted by atomic mass is 32.2. The first-order valence-corrected chi connectivity index (χ1v) is 8.40. The number of anilines is 1. The van der Waals surface area contributed by atoms with E-state index in [0.717, 1.165) is 30.3 Å². The second-order valence-electron chi connectivity index (χ2n) is 5.29. The average molecular weight is 374 g/mol. The molecule has 0 fully saturated rings. The largest absolute Gasteiger partial charge is 0.416 e. The lowest BCUT2D eigenvalue weighted by Gasteiger charge is -2.13. The minimum absolute atomic E-state index is 0.0558. The number of carbonyl (C=O) groups is 1. The normalized spacial score (nSPS) is 12.8. The summed E-state index contributed by atoms with van der Waals surface area (Å²) in [6, 6.07) is 4.41. The van der Waals surface area contributed by atoms with Crippen molar-refractivity contribution in [3.63, 3.8) is 0 Å². The molecule has 0 radical (unpaired) electrons. The fourth-order valence-corrected chi connectivity index (χ4v) is 2.92. The quantitative estimate of drug-likeness (QED) is 0.762. The van der Waals surface area contributed by atoms with Crippen molar-refractivity contribution in [2.45, 2.75) is 43.4 Å². The van der Waals surface area contributed by atoms with E-state index in [2.05, 4.69) is 15.5 Å². The molecule has 0 saturated carbocycles. The van der Waals surface area contributed by atoms with Crippen molar-refractivity contribution in [3.05, 3.63) is 40.3 Å². The molecule has 10 heteroatoms. The highest BCUT2D eigenvalue weighted by molar-refractivity contribution is 8.00. The van der Waals surface area contributed by atoms with Crippen LogP contribution in [0.4, 0.5) is 18.9 Å². The summed E-state index contributed by atoms with van der Waals surface area (Å²) in [5.74, 6) is -0.483. The van der Waals surface area contributed by atoms with Gasteiger partial charge in [-0.25, -0.2) is 9.89 Å². The number of aromatic amines is 1. The monoisotopic (exact) mass is 374 g/mol. The standard InChI is InChI=1S/C15H17F3N4O2S/c1-3-7-22-13(24)20-21-14(22)25-9(2)12(23)19-11-6-4-5-10(8-11)15(16,17)18/h4-6,8-9H,3,7H2,1-2H3,(H,19,23)(H,20,24)/t9-/m0/s1. The summed E-state index contributed by atoms with van der Waals surface area (Å²) >= 11 is 1.05. The van der Waals surface area contributed by atoms with E-state index >= 15 is 0 Å². The van der Waals surface area contributed by atoms with Gasteiger partial charge in [0, 0.05) is 12.2 Å². The highest BCUT2D eigenvalue weighted by Crippen LogP contribution is 2.31. The van der Waals surface area contributed by atoms with E-state index in [1.54, 1.807) is 6.92 Å². The second kappa shape index (κ2) is 7.77. The SMILES string of the molecule is CCCn1c(S[C@@H](C)C(=O)Nc2cccc(C(F)(F)F)c2)n[nH]c1=O. The number of nitrogens with one attached hydrogen (secondary N) is 2. The van der Waals surface area contributed by atoms with Gasteiger partial charge >= 0.3 is 11.9 Å². The maximum absolute atomic E-state index is 12.7. The van der Waals surface area contributed by atoms with Gasteiger partial charge < -0.3 is 5.32 Å². The summed E-state index contributed by atoms with van der Waals surface area (Å²) < 4.78 is 39.5. The fraction of sp³-hybridized carbons (Fsp3) is 0.400.